The fourth-order valence-corrected chi connectivity index (χ4v) is 4.77. The summed E-state index contributed by atoms with van der Waals surface area (Å²) in [5.74, 6) is 0.942. The number of fused-ring (bicyclic) bond motifs is 1. The van der Waals surface area contributed by atoms with E-state index in [1.165, 1.54) is 6.20 Å². The molecule has 2 saturated carbocycles. The lowest BCUT2D eigenvalue weighted by molar-refractivity contribution is 0.0580. The Kier molecular flexibility index (Phi) is 6.23. The van der Waals surface area contributed by atoms with Crippen molar-refractivity contribution in [2.24, 2.45) is 0 Å². The van der Waals surface area contributed by atoms with Crippen LogP contribution in [0.4, 0.5) is 17.3 Å². The van der Waals surface area contributed by atoms with Crippen LogP contribution in [0.5, 0.6) is 0 Å². The lowest BCUT2D eigenvalue weighted by Crippen LogP contribution is -2.39. The Balaban J connectivity index is 1.43. The first kappa shape index (κ1) is 22.4. The molecule has 3 heterocycles. The molecule has 10 nitrogen and oxygen atoms in total. The number of anilines is 3. The molecular formula is C24H31N7O3. The van der Waals surface area contributed by atoms with Crippen LogP contribution in [0.3, 0.4) is 0 Å². The monoisotopic (exact) mass is 465 g/mol. The molecule has 34 heavy (non-hydrogen) atoms. The molecule has 0 bridgehead atoms. The van der Waals surface area contributed by atoms with Crippen molar-refractivity contribution in [1.29, 1.82) is 0 Å². The molecule has 0 aliphatic heterocycles. The molecule has 2 aliphatic carbocycles. The molecule has 10 heteroatoms. The molecular weight excluding hydrogens is 434 g/mol. The topological polar surface area (TPSA) is 115 Å². The van der Waals surface area contributed by atoms with E-state index in [9.17, 15) is 9.59 Å². The third-order valence-electron chi connectivity index (χ3n) is 7.02. The Bertz CT molecular complexity index is 1240. The highest BCUT2D eigenvalue weighted by Crippen LogP contribution is 2.29. The van der Waals surface area contributed by atoms with Gasteiger partial charge >= 0.3 is 0 Å². The average Bonchev–Trinajstić information content (AvgIpc) is 3.26. The number of rotatable bonds is 7. The van der Waals surface area contributed by atoms with Crippen molar-refractivity contribution in [3.05, 3.63) is 46.5 Å². The van der Waals surface area contributed by atoms with Crippen LogP contribution in [0, 0.1) is 0 Å². The number of carbonyl (C=O) groups is 1. The average molecular weight is 466 g/mol. The zero-order chi connectivity index (χ0) is 23.7. The molecule has 0 saturated heterocycles. The van der Waals surface area contributed by atoms with Crippen LogP contribution in [0.25, 0.3) is 5.65 Å². The van der Waals surface area contributed by atoms with Gasteiger partial charge < -0.3 is 25.3 Å². The van der Waals surface area contributed by atoms with E-state index in [-0.39, 0.29) is 29.7 Å². The highest BCUT2D eigenvalue weighted by Gasteiger charge is 2.25. The molecule has 0 atom stereocenters. The second-order valence-corrected chi connectivity index (χ2v) is 9.10. The largest absolute Gasteiger partial charge is 0.381 e. The van der Waals surface area contributed by atoms with Crippen molar-refractivity contribution in [1.82, 2.24) is 24.5 Å². The molecule has 0 aromatic carbocycles. The standard InChI is InChI=1S/C24H31N7O3/c1-25-21-13-20(29-22-18(14-26-31(21)22)23(32)27-15-5-3-6-15)28-19-7-4-12-30(24(19)33)16-8-10-17(34-2)11-9-16/h4,7,12-17,25H,3,5-6,8-11H2,1-2H3,(H,27,32)(H,28,29)/t16-,17+. The Labute approximate surface area is 197 Å². The van der Waals surface area contributed by atoms with Gasteiger partial charge in [0.2, 0.25) is 0 Å². The highest BCUT2D eigenvalue weighted by atomic mass is 16.5. The number of ether oxygens (including phenoxy) is 1. The van der Waals surface area contributed by atoms with Crippen molar-refractivity contribution in [3.63, 3.8) is 0 Å². The zero-order valence-corrected chi connectivity index (χ0v) is 19.6. The van der Waals surface area contributed by atoms with Gasteiger partial charge in [-0.05, 0) is 57.1 Å². The number of nitrogens with zero attached hydrogens (tertiary/aromatic N) is 4. The third kappa shape index (κ3) is 4.25. The van der Waals surface area contributed by atoms with Gasteiger partial charge in [-0.1, -0.05) is 0 Å². The number of carbonyl (C=O) groups excluding carboxylic acids is 1. The van der Waals surface area contributed by atoms with Crippen molar-refractivity contribution in [3.8, 4) is 0 Å². The van der Waals surface area contributed by atoms with Crippen LogP contribution in [0.15, 0.2) is 35.4 Å². The number of pyridine rings is 1. The minimum Gasteiger partial charge on any atom is -0.381 e. The van der Waals surface area contributed by atoms with Gasteiger partial charge in [-0.2, -0.15) is 9.61 Å². The smallest absolute Gasteiger partial charge is 0.274 e. The molecule has 0 spiro atoms. The summed E-state index contributed by atoms with van der Waals surface area (Å²) in [5, 5.41) is 13.7. The summed E-state index contributed by atoms with van der Waals surface area (Å²) >= 11 is 0. The molecule has 180 valence electrons. The number of hydrogen-bond acceptors (Lipinski definition) is 7. The van der Waals surface area contributed by atoms with E-state index in [1.807, 2.05) is 16.8 Å². The van der Waals surface area contributed by atoms with E-state index in [1.54, 1.807) is 30.8 Å². The number of hydrogen-bond donors (Lipinski definition) is 3. The van der Waals surface area contributed by atoms with Crippen LogP contribution >= 0.6 is 0 Å². The fourth-order valence-electron chi connectivity index (χ4n) is 4.77. The number of amides is 1. The van der Waals surface area contributed by atoms with E-state index in [0.29, 0.717) is 28.5 Å². The van der Waals surface area contributed by atoms with Crippen molar-refractivity contribution >= 4 is 28.9 Å². The summed E-state index contributed by atoms with van der Waals surface area (Å²) in [6.07, 6.45) is 10.5. The first-order chi connectivity index (χ1) is 16.6. The van der Waals surface area contributed by atoms with Gasteiger partial charge in [0.05, 0.1) is 12.3 Å². The lowest BCUT2D eigenvalue weighted by atomic mass is 9.92. The van der Waals surface area contributed by atoms with Gasteiger partial charge in [0.1, 0.15) is 22.9 Å². The quantitative estimate of drug-likeness (QED) is 0.491. The molecule has 3 aromatic rings. The normalized spacial score (nSPS) is 20.6. The predicted molar refractivity (Wildman–Crippen MR) is 130 cm³/mol. The molecule has 0 radical (unpaired) electrons. The second kappa shape index (κ2) is 9.46. The third-order valence-corrected chi connectivity index (χ3v) is 7.02. The molecule has 3 aromatic heterocycles. The van der Waals surface area contributed by atoms with E-state index in [2.05, 4.69) is 26.0 Å². The highest BCUT2D eigenvalue weighted by molar-refractivity contribution is 6.00. The summed E-state index contributed by atoms with van der Waals surface area (Å²) in [6, 6.07) is 5.77. The first-order valence-electron chi connectivity index (χ1n) is 12.0. The van der Waals surface area contributed by atoms with Crippen molar-refractivity contribution in [2.75, 3.05) is 24.8 Å². The molecule has 0 unspecified atom stereocenters. The van der Waals surface area contributed by atoms with Gasteiger partial charge in [0.25, 0.3) is 11.5 Å². The van der Waals surface area contributed by atoms with Gasteiger partial charge in [-0.15, -0.1) is 0 Å². The molecule has 3 N–H and O–H groups in total. The van der Waals surface area contributed by atoms with Gasteiger partial charge in [-0.25, -0.2) is 4.98 Å². The van der Waals surface area contributed by atoms with Gasteiger partial charge in [0, 0.05) is 38.5 Å². The Morgan fingerprint density at radius 2 is 1.97 bits per heavy atom. The van der Waals surface area contributed by atoms with Crippen molar-refractivity contribution in [2.45, 2.75) is 63.1 Å². The summed E-state index contributed by atoms with van der Waals surface area (Å²) in [6.45, 7) is 0. The van der Waals surface area contributed by atoms with Crippen LogP contribution in [0.2, 0.25) is 0 Å². The van der Waals surface area contributed by atoms with Gasteiger partial charge in [0.15, 0.2) is 5.65 Å². The summed E-state index contributed by atoms with van der Waals surface area (Å²) in [4.78, 5) is 30.7. The molecule has 1 amide bonds. The number of methoxy groups -OCH3 is 1. The minimum absolute atomic E-state index is 0.0903. The van der Waals surface area contributed by atoms with Gasteiger partial charge in [-0.3, -0.25) is 9.59 Å². The van der Waals surface area contributed by atoms with Crippen LogP contribution in [0.1, 0.15) is 61.3 Å². The van der Waals surface area contributed by atoms with E-state index < -0.39 is 0 Å². The number of nitrogens with one attached hydrogen (secondary N) is 3. The maximum atomic E-state index is 13.3. The van der Waals surface area contributed by atoms with Crippen molar-refractivity contribution < 1.29 is 9.53 Å². The summed E-state index contributed by atoms with van der Waals surface area (Å²) in [7, 11) is 3.52. The Hall–Kier alpha value is -3.40. The van der Waals surface area contributed by atoms with Crippen LogP contribution in [-0.2, 0) is 4.74 Å². The molecule has 2 fully saturated rings. The first-order valence-corrected chi connectivity index (χ1v) is 12.0. The maximum absolute atomic E-state index is 13.3. The number of aromatic nitrogens is 4. The van der Waals surface area contributed by atoms with E-state index in [0.717, 1.165) is 44.9 Å². The minimum atomic E-state index is -0.180. The van der Waals surface area contributed by atoms with Crippen LogP contribution in [-0.4, -0.2) is 51.4 Å². The Morgan fingerprint density at radius 3 is 2.65 bits per heavy atom. The predicted octanol–water partition coefficient (Wildman–Crippen LogP) is 3.09. The van der Waals surface area contributed by atoms with Crippen LogP contribution < -0.4 is 21.5 Å². The zero-order valence-electron chi connectivity index (χ0n) is 19.6. The maximum Gasteiger partial charge on any atom is 0.274 e. The SMILES string of the molecule is CNc1cc(Nc2cccn([C@H]3CC[C@@H](OC)CC3)c2=O)nc2c(C(=O)NC3CCC3)cnn12. The summed E-state index contributed by atoms with van der Waals surface area (Å²) in [5.41, 5.74) is 1.19. The fraction of sp³-hybridized carbons (Fsp3) is 0.500. The van der Waals surface area contributed by atoms with E-state index in [4.69, 9.17) is 4.74 Å². The summed E-state index contributed by atoms with van der Waals surface area (Å²) < 4.78 is 8.87. The Morgan fingerprint density at radius 1 is 1.18 bits per heavy atom. The molecule has 2 aliphatic rings. The second-order valence-electron chi connectivity index (χ2n) is 9.10. The van der Waals surface area contributed by atoms with E-state index >= 15 is 0 Å². The lowest BCUT2D eigenvalue weighted by Gasteiger charge is -2.29. The molecule has 5 rings (SSSR count).